The van der Waals surface area contributed by atoms with Crippen LogP contribution in [0.25, 0.3) is 10.9 Å². The molecule has 0 unspecified atom stereocenters. The lowest BCUT2D eigenvalue weighted by Crippen LogP contribution is -2.36. The van der Waals surface area contributed by atoms with E-state index in [1.165, 1.54) is 11.7 Å². The van der Waals surface area contributed by atoms with Gasteiger partial charge in [-0.25, -0.2) is 4.79 Å². The van der Waals surface area contributed by atoms with Crippen molar-refractivity contribution in [2.24, 2.45) is 0 Å². The van der Waals surface area contributed by atoms with Crippen molar-refractivity contribution >= 4 is 34.3 Å². The molecule has 0 radical (unpaired) electrons. The molecule has 0 spiro atoms. The van der Waals surface area contributed by atoms with E-state index in [0.29, 0.717) is 67.5 Å². The number of alkyl carbamates (subject to hydrolysis) is 1. The Morgan fingerprint density at radius 2 is 1.54 bits per heavy atom. The molecule has 308 valence electrons. The third-order valence-corrected chi connectivity index (χ3v) is 8.60. The Morgan fingerprint density at radius 1 is 0.875 bits per heavy atom. The van der Waals surface area contributed by atoms with Crippen LogP contribution in [0.3, 0.4) is 0 Å². The smallest absolute Gasteiger partial charge is 0.407 e. The molecule has 1 fully saturated rings. The van der Waals surface area contributed by atoms with Gasteiger partial charge in [-0.2, -0.15) is 13.2 Å². The number of carbonyl (C=O) groups is 2. The first-order chi connectivity index (χ1) is 26.7. The van der Waals surface area contributed by atoms with Crippen LogP contribution < -0.4 is 26.0 Å². The molecule has 2 amide bonds. The van der Waals surface area contributed by atoms with Crippen molar-refractivity contribution in [1.82, 2.24) is 20.1 Å². The third kappa shape index (κ3) is 15.1. The molecule has 0 aliphatic carbocycles. The summed E-state index contributed by atoms with van der Waals surface area (Å²) >= 11 is 0. The van der Waals surface area contributed by atoms with E-state index in [-0.39, 0.29) is 37.3 Å². The lowest BCUT2D eigenvalue weighted by Gasteiger charge is -2.30. The molecule has 0 atom stereocenters. The SMILES string of the molecule is COc1cc(C(=O)NCCOCCOCCOCCNC(=O)OC(C)(C)C)ccc1NCC#Cc1cc2c(NC3CCN(C)CC3)cccc2n1CC(F)(F)F. The zero-order valence-corrected chi connectivity index (χ0v) is 32.9. The maximum Gasteiger partial charge on any atom is 0.407 e. The Hall–Kier alpha value is -4.69. The van der Waals surface area contributed by atoms with Crippen molar-refractivity contribution in [2.45, 2.75) is 58.0 Å². The number of amides is 2. The summed E-state index contributed by atoms with van der Waals surface area (Å²) in [6.45, 7) is 8.94. The van der Waals surface area contributed by atoms with Crippen molar-refractivity contribution in [3.63, 3.8) is 0 Å². The summed E-state index contributed by atoms with van der Waals surface area (Å²) in [6.07, 6.45) is -3.01. The summed E-state index contributed by atoms with van der Waals surface area (Å²) in [7, 11) is 3.56. The summed E-state index contributed by atoms with van der Waals surface area (Å²) in [5.74, 6) is 5.99. The lowest BCUT2D eigenvalue weighted by molar-refractivity contribution is -0.140. The number of likely N-dealkylation sites (tertiary alicyclic amines) is 1. The summed E-state index contributed by atoms with van der Waals surface area (Å²) in [6, 6.07) is 12.2. The molecule has 0 saturated carbocycles. The molecular weight excluding hydrogens is 733 g/mol. The van der Waals surface area contributed by atoms with Gasteiger partial charge >= 0.3 is 12.3 Å². The van der Waals surface area contributed by atoms with E-state index >= 15 is 0 Å². The average molecular weight is 789 g/mol. The van der Waals surface area contributed by atoms with Gasteiger partial charge in [0.2, 0.25) is 0 Å². The van der Waals surface area contributed by atoms with Crippen LogP contribution in [0.2, 0.25) is 0 Å². The van der Waals surface area contributed by atoms with Crippen LogP contribution in [-0.2, 0) is 25.5 Å². The number of hydrogen-bond acceptors (Lipinski definition) is 10. The second-order valence-electron chi connectivity index (χ2n) is 14.3. The van der Waals surface area contributed by atoms with E-state index in [4.69, 9.17) is 23.7 Å². The topological polar surface area (TPSA) is 137 Å². The van der Waals surface area contributed by atoms with Crippen LogP contribution in [0, 0.1) is 11.8 Å². The molecule has 0 bridgehead atoms. The molecule has 16 heteroatoms. The number of fused-ring (bicyclic) bond motifs is 1. The number of hydrogen-bond donors (Lipinski definition) is 4. The van der Waals surface area contributed by atoms with E-state index in [2.05, 4.69) is 45.1 Å². The predicted molar refractivity (Wildman–Crippen MR) is 210 cm³/mol. The van der Waals surface area contributed by atoms with Gasteiger partial charge in [0.1, 0.15) is 17.9 Å². The van der Waals surface area contributed by atoms with E-state index in [1.54, 1.807) is 57.2 Å². The number of ether oxygens (including phenoxy) is 5. The van der Waals surface area contributed by atoms with Gasteiger partial charge in [-0.3, -0.25) is 4.79 Å². The molecule has 2 heterocycles. The minimum atomic E-state index is -4.43. The average Bonchev–Trinajstić information content (AvgIpc) is 3.48. The Kier molecular flexibility index (Phi) is 17.0. The Labute approximate surface area is 326 Å². The van der Waals surface area contributed by atoms with Gasteiger partial charge < -0.3 is 54.4 Å². The van der Waals surface area contributed by atoms with Crippen LogP contribution >= 0.6 is 0 Å². The molecule has 1 aliphatic heterocycles. The van der Waals surface area contributed by atoms with E-state index in [0.717, 1.165) is 31.6 Å². The zero-order valence-electron chi connectivity index (χ0n) is 32.9. The standard InChI is InChI=1S/C40H55F3N6O7/c1-39(2,3)56-38(51)46-17-21-54-23-25-55-24-22-53-20-16-45-37(50)29-11-12-34(36(26-29)52-5)44-15-7-8-31-27-32-33(47-30-13-18-48(4)19-14-30)9-6-10-35(32)49(31)28-40(41,42)43/h6,9-12,26-27,30,44,47H,13-25,28H2,1-5H3,(H,45,50)(H,46,51). The van der Waals surface area contributed by atoms with E-state index in [9.17, 15) is 22.8 Å². The Balaban J connectivity index is 1.19. The number of methoxy groups -OCH3 is 1. The first kappa shape index (κ1) is 44.0. The van der Waals surface area contributed by atoms with E-state index < -0.39 is 24.4 Å². The summed E-state index contributed by atoms with van der Waals surface area (Å²) in [5, 5.41) is 12.8. The first-order valence-corrected chi connectivity index (χ1v) is 18.8. The molecule has 1 saturated heterocycles. The molecular formula is C40H55F3N6O7. The minimum absolute atomic E-state index is 0.123. The van der Waals surface area contributed by atoms with E-state index in [1.807, 2.05) is 6.07 Å². The quantitative estimate of drug-likeness (QED) is 0.0913. The highest BCUT2D eigenvalue weighted by atomic mass is 19.4. The van der Waals surface area contributed by atoms with Gasteiger partial charge in [0.25, 0.3) is 5.91 Å². The second kappa shape index (κ2) is 21.6. The fourth-order valence-electron chi connectivity index (χ4n) is 5.91. The highest BCUT2D eigenvalue weighted by Crippen LogP contribution is 2.31. The van der Waals surface area contributed by atoms with Crippen LogP contribution in [0.4, 0.5) is 29.3 Å². The van der Waals surface area contributed by atoms with Gasteiger partial charge in [0.05, 0.1) is 70.2 Å². The largest absolute Gasteiger partial charge is 0.495 e. The van der Waals surface area contributed by atoms with Gasteiger partial charge in [-0.05, 0) is 96.1 Å². The molecule has 56 heavy (non-hydrogen) atoms. The number of halogens is 3. The van der Waals surface area contributed by atoms with Crippen LogP contribution in [-0.4, -0.2) is 126 Å². The van der Waals surface area contributed by atoms with Crippen LogP contribution in [0.15, 0.2) is 42.5 Å². The number of anilines is 2. The van der Waals surface area contributed by atoms with Gasteiger partial charge in [0.15, 0.2) is 0 Å². The number of nitrogens with zero attached hydrogens (tertiary/aromatic N) is 2. The van der Waals surface area contributed by atoms with Crippen molar-refractivity contribution in [2.75, 3.05) is 97.2 Å². The van der Waals surface area contributed by atoms with Crippen molar-refractivity contribution < 1.29 is 46.4 Å². The highest BCUT2D eigenvalue weighted by Gasteiger charge is 2.30. The predicted octanol–water partition coefficient (Wildman–Crippen LogP) is 5.49. The maximum absolute atomic E-state index is 13.7. The van der Waals surface area contributed by atoms with Crippen molar-refractivity contribution in [3.8, 4) is 17.6 Å². The Morgan fingerprint density at radius 3 is 2.18 bits per heavy atom. The Bertz CT molecular complexity index is 1780. The summed E-state index contributed by atoms with van der Waals surface area (Å²) in [4.78, 5) is 26.6. The maximum atomic E-state index is 13.7. The van der Waals surface area contributed by atoms with Gasteiger partial charge in [0, 0.05) is 35.8 Å². The monoisotopic (exact) mass is 788 g/mol. The second-order valence-corrected chi connectivity index (χ2v) is 14.3. The molecule has 4 N–H and O–H groups in total. The molecule has 3 aromatic rings. The number of alkyl halides is 3. The van der Waals surface area contributed by atoms with Crippen LogP contribution in [0.1, 0.15) is 49.7 Å². The minimum Gasteiger partial charge on any atom is -0.495 e. The number of benzene rings is 2. The van der Waals surface area contributed by atoms with Crippen molar-refractivity contribution in [1.29, 1.82) is 0 Å². The zero-order chi connectivity index (χ0) is 40.6. The normalized spacial score (nSPS) is 13.9. The molecule has 1 aromatic heterocycles. The lowest BCUT2D eigenvalue weighted by atomic mass is 10.0. The number of rotatable bonds is 19. The third-order valence-electron chi connectivity index (χ3n) is 8.60. The fourth-order valence-corrected chi connectivity index (χ4v) is 5.91. The van der Waals surface area contributed by atoms with Gasteiger partial charge in [-0.1, -0.05) is 12.0 Å². The molecule has 4 rings (SSSR count). The first-order valence-electron chi connectivity index (χ1n) is 18.8. The molecule has 13 nitrogen and oxygen atoms in total. The number of piperidine rings is 1. The number of aromatic nitrogens is 1. The van der Waals surface area contributed by atoms with Crippen molar-refractivity contribution in [3.05, 3.63) is 53.7 Å². The fraction of sp³-hybridized carbons (Fsp3) is 0.550. The number of carbonyl (C=O) groups excluding carboxylic acids is 2. The van der Waals surface area contributed by atoms with Crippen LogP contribution in [0.5, 0.6) is 5.75 Å². The number of nitrogens with one attached hydrogen (secondary N) is 4. The van der Waals surface area contributed by atoms with Gasteiger partial charge in [-0.15, -0.1) is 0 Å². The molecule has 2 aromatic carbocycles. The highest BCUT2D eigenvalue weighted by molar-refractivity contribution is 5.95. The summed E-state index contributed by atoms with van der Waals surface area (Å²) in [5.41, 5.74) is 1.93. The summed E-state index contributed by atoms with van der Waals surface area (Å²) < 4.78 is 69.3. The molecule has 1 aliphatic rings.